The zero-order valence-electron chi connectivity index (χ0n) is 11.1. The average molecular weight is 272 g/mol. The van der Waals surface area contributed by atoms with Gasteiger partial charge < -0.3 is 5.32 Å². The first-order valence-corrected chi connectivity index (χ1v) is 7.49. The number of halogens is 1. The van der Waals surface area contributed by atoms with Crippen molar-refractivity contribution < 1.29 is 0 Å². The first kappa shape index (κ1) is 14.9. The topological polar surface area (TPSA) is 12.0 Å². The van der Waals surface area contributed by atoms with Gasteiger partial charge in [-0.25, -0.2) is 0 Å². The van der Waals surface area contributed by atoms with Gasteiger partial charge in [-0.2, -0.15) is 0 Å². The maximum Gasteiger partial charge on any atom is 0.0464 e. The van der Waals surface area contributed by atoms with Crippen molar-refractivity contribution in [2.45, 2.75) is 50.3 Å². The molecule has 1 atom stereocenters. The van der Waals surface area contributed by atoms with Crippen LogP contribution in [0.3, 0.4) is 0 Å². The molecule has 0 heterocycles. The van der Waals surface area contributed by atoms with Gasteiger partial charge in [0.25, 0.3) is 0 Å². The Bertz CT molecular complexity index is 352. The third-order valence-electron chi connectivity index (χ3n) is 2.51. The van der Waals surface area contributed by atoms with Crippen LogP contribution in [-0.2, 0) is 0 Å². The lowest BCUT2D eigenvalue weighted by atomic mass is 10.1. The van der Waals surface area contributed by atoms with Crippen molar-refractivity contribution in [1.82, 2.24) is 5.32 Å². The van der Waals surface area contributed by atoms with Crippen molar-refractivity contribution in [2.75, 3.05) is 6.54 Å². The molecule has 0 aliphatic carbocycles. The van der Waals surface area contributed by atoms with Gasteiger partial charge in [0.15, 0.2) is 0 Å². The van der Waals surface area contributed by atoms with Crippen LogP contribution in [-0.4, -0.2) is 11.8 Å². The molecule has 0 saturated carbocycles. The quantitative estimate of drug-likeness (QED) is 0.739. The van der Waals surface area contributed by atoms with E-state index in [1.54, 1.807) is 0 Å². The van der Waals surface area contributed by atoms with Crippen LogP contribution in [0.1, 0.15) is 45.7 Å². The molecule has 0 aromatic heterocycles. The van der Waals surface area contributed by atoms with E-state index in [1.807, 2.05) is 11.8 Å². The van der Waals surface area contributed by atoms with Crippen LogP contribution in [0.5, 0.6) is 0 Å². The van der Waals surface area contributed by atoms with Crippen LogP contribution >= 0.6 is 23.4 Å². The fraction of sp³-hybridized carbons (Fsp3) is 0.571. The zero-order chi connectivity index (χ0) is 12.8. The zero-order valence-corrected chi connectivity index (χ0v) is 12.7. The molecule has 17 heavy (non-hydrogen) atoms. The monoisotopic (exact) mass is 271 g/mol. The van der Waals surface area contributed by atoms with Crippen molar-refractivity contribution >= 4 is 23.4 Å². The summed E-state index contributed by atoms with van der Waals surface area (Å²) in [5.74, 6) is 0. The van der Waals surface area contributed by atoms with Gasteiger partial charge in [-0.15, -0.1) is 11.8 Å². The summed E-state index contributed by atoms with van der Waals surface area (Å²) in [6.07, 6.45) is 1.14. The highest BCUT2D eigenvalue weighted by Gasteiger charge is 2.09. The third kappa shape index (κ3) is 4.90. The smallest absolute Gasteiger partial charge is 0.0464 e. The van der Waals surface area contributed by atoms with Crippen LogP contribution in [0.15, 0.2) is 23.1 Å². The number of nitrogens with one attached hydrogen (secondary N) is 1. The molecule has 1 nitrogen and oxygen atoms in total. The molecule has 1 N–H and O–H groups in total. The molecule has 0 aliphatic heterocycles. The lowest BCUT2D eigenvalue weighted by Gasteiger charge is -2.16. The minimum Gasteiger partial charge on any atom is -0.310 e. The Labute approximate surface area is 114 Å². The van der Waals surface area contributed by atoms with E-state index in [0.717, 1.165) is 18.0 Å². The number of hydrogen-bond acceptors (Lipinski definition) is 2. The van der Waals surface area contributed by atoms with E-state index in [9.17, 15) is 0 Å². The van der Waals surface area contributed by atoms with Crippen molar-refractivity contribution in [3.63, 3.8) is 0 Å². The Morgan fingerprint density at radius 2 is 2.00 bits per heavy atom. The minimum atomic E-state index is 0.320. The number of rotatable bonds is 6. The van der Waals surface area contributed by atoms with Gasteiger partial charge in [0.2, 0.25) is 0 Å². The van der Waals surface area contributed by atoms with Gasteiger partial charge in [-0.3, -0.25) is 0 Å². The normalized spacial score (nSPS) is 13.1. The van der Waals surface area contributed by atoms with Gasteiger partial charge in [0, 0.05) is 21.2 Å². The Morgan fingerprint density at radius 3 is 2.53 bits per heavy atom. The highest BCUT2D eigenvalue weighted by Crippen LogP contribution is 2.30. The molecule has 3 heteroatoms. The first-order chi connectivity index (χ1) is 8.04. The van der Waals surface area contributed by atoms with Crippen LogP contribution in [0.25, 0.3) is 0 Å². The average Bonchev–Trinajstić information content (AvgIpc) is 2.25. The van der Waals surface area contributed by atoms with Crippen molar-refractivity contribution in [1.29, 1.82) is 0 Å². The predicted molar refractivity (Wildman–Crippen MR) is 79.2 cm³/mol. The molecule has 0 radical (unpaired) electrons. The second kappa shape index (κ2) is 7.30. The fourth-order valence-electron chi connectivity index (χ4n) is 1.68. The van der Waals surface area contributed by atoms with E-state index < -0.39 is 0 Å². The van der Waals surface area contributed by atoms with Gasteiger partial charge in [0.1, 0.15) is 0 Å². The molecule has 0 bridgehead atoms. The summed E-state index contributed by atoms with van der Waals surface area (Å²) < 4.78 is 0. The maximum atomic E-state index is 6.33. The Balaban J connectivity index is 2.74. The molecule has 1 unspecified atom stereocenters. The summed E-state index contributed by atoms with van der Waals surface area (Å²) in [5.41, 5.74) is 1.19. The second-order valence-electron chi connectivity index (χ2n) is 4.53. The molecule has 96 valence electrons. The van der Waals surface area contributed by atoms with E-state index in [0.29, 0.717) is 11.3 Å². The lowest BCUT2D eigenvalue weighted by Crippen LogP contribution is -2.19. The third-order valence-corrected chi connectivity index (χ3v) is 3.84. The molecule has 1 rings (SSSR count). The summed E-state index contributed by atoms with van der Waals surface area (Å²) in [5, 5.41) is 4.92. The summed E-state index contributed by atoms with van der Waals surface area (Å²) in [7, 11) is 0. The molecule has 0 saturated heterocycles. The minimum absolute atomic E-state index is 0.320. The fourth-order valence-corrected chi connectivity index (χ4v) is 2.96. The van der Waals surface area contributed by atoms with Crippen LogP contribution < -0.4 is 5.32 Å². The SMILES string of the molecule is CCCNC(C)c1ccc(SC(C)C)cc1Cl. The summed E-state index contributed by atoms with van der Waals surface area (Å²) >= 11 is 8.18. The Kier molecular flexibility index (Phi) is 6.39. The van der Waals surface area contributed by atoms with Gasteiger partial charge in [0.05, 0.1) is 0 Å². The number of hydrogen-bond donors (Lipinski definition) is 1. The lowest BCUT2D eigenvalue weighted by molar-refractivity contribution is 0.570. The van der Waals surface area contributed by atoms with Crippen molar-refractivity contribution in [2.24, 2.45) is 0 Å². The van der Waals surface area contributed by atoms with Crippen LogP contribution in [0.2, 0.25) is 5.02 Å². The van der Waals surface area contributed by atoms with E-state index in [2.05, 4.69) is 51.2 Å². The van der Waals surface area contributed by atoms with Gasteiger partial charge >= 0.3 is 0 Å². The van der Waals surface area contributed by atoms with E-state index in [-0.39, 0.29) is 0 Å². The first-order valence-electron chi connectivity index (χ1n) is 6.24. The Morgan fingerprint density at radius 1 is 1.29 bits per heavy atom. The summed E-state index contributed by atoms with van der Waals surface area (Å²) in [6.45, 7) is 9.74. The molecular formula is C14H22ClNS. The predicted octanol–water partition coefficient (Wildman–Crippen LogP) is 4.90. The molecule has 0 amide bonds. The van der Waals surface area contributed by atoms with Crippen LogP contribution in [0, 0.1) is 0 Å². The molecule has 0 aliphatic rings. The van der Waals surface area contributed by atoms with Gasteiger partial charge in [-0.05, 0) is 37.6 Å². The molecule has 1 aromatic carbocycles. The van der Waals surface area contributed by atoms with E-state index in [1.165, 1.54) is 10.5 Å². The van der Waals surface area contributed by atoms with Crippen LogP contribution in [0.4, 0.5) is 0 Å². The number of thioether (sulfide) groups is 1. The highest BCUT2D eigenvalue weighted by molar-refractivity contribution is 7.99. The van der Waals surface area contributed by atoms with Crippen molar-refractivity contribution in [3.8, 4) is 0 Å². The van der Waals surface area contributed by atoms with Gasteiger partial charge in [-0.1, -0.05) is 38.4 Å². The summed E-state index contributed by atoms with van der Waals surface area (Å²) in [4.78, 5) is 1.25. The standard InChI is InChI=1S/C14H22ClNS/c1-5-8-16-11(4)13-7-6-12(9-14(13)15)17-10(2)3/h6-7,9-11,16H,5,8H2,1-4H3. The molecular weight excluding hydrogens is 250 g/mol. The Hall–Kier alpha value is -0.180. The van der Waals surface area contributed by atoms with E-state index >= 15 is 0 Å². The molecule has 0 spiro atoms. The summed E-state index contributed by atoms with van der Waals surface area (Å²) in [6, 6.07) is 6.70. The maximum absolute atomic E-state index is 6.33. The second-order valence-corrected chi connectivity index (χ2v) is 6.58. The molecule has 1 aromatic rings. The number of benzene rings is 1. The molecule has 0 fully saturated rings. The van der Waals surface area contributed by atoms with Crippen molar-refractivity contribution in [3.05, 3.63) is 28.8 Å². The highest BCUT2D eigenvalue weighted by atomic mass is 35.5. The van der Waals surface area contributed by atoms with E-state index in [4.69, 9.17) is 11.6 Å². The largest absolute Gasteiger partial charge is 0.310 e.